The van der Waals surface area contributed by atoms with Crippen LogP contribution >= 0.6 is 0 Å². The number of aromatic nitrogens is 3. The molecule has 0 aromatic carbocycles. The molecule has 2 aliphatic rings. The zero-order chi connectivity index (χ0) is 12.5. The van der Waals surface area contributed by atoms with Gasteiger partial charge in [-0.2, -0.15) is 5.26 Å². The first kappa shape index (κ1) is 11.2. The molecule has 6 heteroatoms. The lowest BCUT2D eigenvalue weighted by molar-refractivity contribution is 0.0735. The SMILES string of the molecule is N#CCCN(C(=O)c1n[nH]c(C2CC2)n1)C1CC1. The smallest absolute Gasteiger partial charge is 0.293 e. The van der Waals surface area contributed by atoms with E-state index in [1.54, 1.807) is 4.90 Å². The maximum Gasteiger partial charge on any atom is 0.293 e. The van der Waals surface area contributed by atoms with Crippen molar-refractivity contribution in [1.82, 2.24) is 20.1 Å². The van der Waals surface area contributed by atoms with Crippen molar-refractivity contribution in [3.8, 4) is 6.07 Å². The molecule has 18 heavy (non-hydrogen) atoms. The molecule has 1 heterocycles. The molecule has 2 aliphatic carbocycles. The van der Waals surface area contributed by atoms with E-state index in [-0.39, 0.29) is 17.8 Å². The van der Waals surface area contributed by atoms with Crippen molar-refractivity contribution in [2.75, 3.05) is 6.54 Å². The van der Waals surface area contributed by atoms with Crippen molar-refractivity contribution < 1.29 is 4.79 Å². The minimum atomic E-state index is -0.143. The number of H-pyrrole nitrogens is 1. The third-order valence-electron chi connectivity index (χ3n) is 3.37. The molecule has 0 aliphatic heterocycles. The first-order valence-electron chi connectivity index (χ1n) is 6.40. The molecular weight excluding hydrogens is 230 g/mol. The van der Waals surface area contributed by atoms with Gasteiger partial charge in [-0.25, -0.2) is 4.98 Å². The molecule has 1 N–H and O–H groups in total. The Labute approximate surface area is 105 Å². The van der Waals surface area contributed by atoms with E-state index in [9.17, 15) is 4.79 Å². The summed E-state index contributed by atoms with van der Waals surface area (Å²) in [6, 6.07) is 2.36. The van der Waals surface area contributed by atoms with Gasteiger partial charge in [0.15, 0.2) is 0 Å². The van der Waals surface area contributed by atoms with Crippen LogP contribution in [0, 0.1) is 11.3 Å². The Balaban J connectivity index is 1.71. The monoisotopic (exact) mass is 245 g/mol. The quantitative estimate of drug-likeness (QED) is 0.844. The molecule has 0 unspecified atom stereocenters. The average Bonchev–Trinajstić information content (AvgIpc) is 3.29. The van der Waals surface area contributed by atoms with Crippen LogP contribution in [-0.4, -0.2) is 38.6 Å². The highest BCUT2D eigenvalue weighted by molar-refractivity contribution is 5.90. The van der Waals surface area contributed by atoms with Gasteiger partial charge in [0, 0.05) is 18.5 Å². The summed E-state index contributed by atoms with van der Waals surface area (Å²) >= 11 is 0. The Morgan fingerprint density at radius 3 is 2.83 bits per heavy atom. The van der Waals surface area contributed by atoms with E-state index in [4.69, 9.17) is 5.26 Å². The summed E-state index contributed by atoms with van der Waals surface area (Å²) in [5.74, 6) is 1.40. The van der Waals surface area contributed by atoms with Crippen molar-refractivity contribution in [1.29, 1.82) is 5.26 Å². The van der Waals surface area contributed by atoms with Crippen molar-refractivity contribution in [3.63, 3.8) is 0 Å². The molecule has 2 fully saturated rings. The molecule has 2 saturated carbocycles. The second-order valence-electron chi connectivity index (χ2n) is 4.96. The lowest BCUT2D eigenvalue weighted by atomic mass is 10.3. The van der Waals surface area contributed by atoms with Crippen LogP contribution in [-0.2, 0) is 0 Å². The van der Waals surface area contributed by atoms with Gasteiger partial charge in [-0.15, -0.1) is 5.10 Å². The number of rotatable bonds is 5. The van der Waals surface area contributed by atoms with Gasteiger partial charge in [-0.1, -0.05) is 0 Å². The molecule has 0 radical (unpaired) electrons. The normalized spacial score (nSPS) is 18.4. The molecule has 0 atom stereocenters. The molecule has 1 amide bonds. The van der Waals surface area contributed by atoms with E-state index in [0.717, 1.165) is 31.5 Å². The van der Waals surface area contributed by atoms with Gasteiger partial charge < -0.3 is 4.90 Å². The molecular formula is C12H15N5O. The van der Waals surface area contributed by atoms with E-state index in [2.05, 4.69) is 21.3 Å². The molecule has 6 nitrogen and oxygen atoms in total. The first-order valence-corrected chi connectivity index (χ1v) is 6.40. The van der Waals surface area contributed by atoms with Crippen molar-refractivity contribution in [3.05, 3.63) is 11.6 Å². The van der Waals surface area contributed by atoms with Gasteiger partial charge in [-0.05, 0) is 25.7 Å². The minimum Gasteiger partial charge on any atom is -0.332 e. The number of hydrogen-bond donors (Lipinski definition) is 1. The van der Waals surface area contributed by atoms with Crippen LogP contribution in [0.5, 0.6) is 0 Å². The topological polar surface area (TPSA) is 85.7 Å². The Morgan fingerprint density at radius 2 is 2.22 bits per heavy atom. The van der Waals surface area contributed by atoms with E-state index in [1.165, 1.54) is 0 Å². The van der Waals surface area contributed by atoms with E-state index < -0.39 is 0 Å². The number of nitrogens with one attached hydrogen (secondary N) is 1. The summed E-state index contributed by atoms with van der Waals surface area (Å²) in [5, 5.41) is 15.5. The second kappa shape index (κ2) is 4.41. The predicted molar refractivity (Wildman–Crippen MR) is 62.6 cm³/mol. The summed E-state index contributed by atoms with van der Waals surface area (Å²) in [6.07, 6.45) is 4.67. The third-order valence-corrected chi connectivity index (χ3v) is 3.37. The molecule has 94 valence electrons. The first-order chi connectivity index (χ1) is 8.79. The number of aromatic amines is 1. The highest BCUT2D eigenvalue weighted by Crippen LogP contribution is 2.38. The standard InChI is InChI=1S/C12H15N5O/c13-6-1-7-17(9-4-5-9)12(18)11-14-10(15-16-11)8-2-3-8/h8-9H,1-5,7H2,(H,14,15,16). The average molecular weight is 245 g/mol. The van der Waals surface area contributed by atoms with E-state index >= 15 is 0 Å². The fraction of sp³-hybridized carbons (Fsp3) is 0.667. The summed E-state index contributed by atoms with van der Waals surface area (Å²) < 4.78 is 0. The Bertz CT molecular complexity index is 495. The van der Waals surface area contributed by atoms with Gasteiger partial charge in [0.2, 0.25) is 5.82 Å². The molecule has 0 spiro atoms. The Hall–Kier alpha value is -1.90. The molecule has 0 bridgehead atoms. The van der Waals surface area contributed by atoms with Crippen LogP contribution in [0.1, 0.15) is 54.5 Å². The number of amides is 1. The largest absolute Gasteiger partial charge is 0.332 e. The molecule has 0 saturated heterocycles. The van der Waals surface area contributed by atoms with Crippen LogP contribution in [0.3, 0.4) is 0 Å². The number of nitrogens with zero attached hydrogens (tertiary/aromatic N) is 4. The van der Waals surface area contributed by atoms with Crippen molar-refractivity contribution >= 4 is 5.91 Å². The van der Waals surface area contributed by atoms with Gasteiger partial charge >= 0.3 is 0 Å². The van der Waals surface area contributed by atoms with Gasteiger partial charge in [0.25, 0.3) is 5.91 Å². The predicted octanol–water partition coefficient (Wildman–Crippen LogP) is 1.20. The number of carbonyl (C=O) groups excluding carboxylic acids is 1. The van der Waals surface area contributed by atoms with Crippen molar-refractivity contribution in [2.24, 2.45) is 0 Å². The molecule has 1 aromatic rings. The Morgan fingerprint density at radius 1 is 1.44 bits per heavy atom. The summed E-state index contributed by atoms with van der Waals surface area (Å²) in [5.41, 5.74) is 0. The lowest BCUT2D eigenvalue weighted by Crippen LogP contribution is -2.34. The maximum atomic E-state index is 12.3. The highest BCUT2D eigenvalue weighted by Gasteiger charge is 2.35. The summed E-state index contributed by atoms with van der Waals surface area (Å²) in [7, 11) is 0. The zero-order valence-electron chi connectivity index (χ0n) is 10.1. The van der Waals surface area contributed by atoms with Crippen LogP contribution in [0.2, 0.25) is 0 Å². The lowest BCUT2D eigenvalue weighted by Gasteiger charge is -2.19. The fourth-order valence-corrected chi connectivity index (χ4v) is 2.04. The Kier molecular flexibility index (Phi) is 2.74. The van der Waals surface area contributed by atoms with Crippen LogP contribution < -0.4 is 0 Å². The van der Waals surface area contributed by atoms with Crippen molar-refractivity contribution in [2.45, 2.75) is 44.1 Å². The van der Waals surface area contributed by atoms with Crippen LogP contribution in [0.15, 0.2) is 0 Å². The maximum absolute atomic E-state index is 12.3. The summed E-state index contributed by atoms with van der Waals surface area (Å²) in [4.78, 5) is 18.3. The fourth-order valence-electron chi connectivity index (χ4n) is 2.04. The summed E-state index contributed by atoms with van der Waals surface area (Å²) in [6.45, 7) is 0.479. The van der Waals surface area contributed by atoms with Gasteiger partial charge in [0.1, 0.15) is 5.82 Å². The third kappa shape index (κ3) is 2.21. The van der Waals surface area contributed by atoms with Gasteiger partial charge in [0.05, 0.1) is 12.5 Å². The van der Waals surface area contributed by atoms with Gasteiger partial charge in [-0.3, -0.25) is 9.89 Å². The second-order valence-corrected chi connectivity index (χ2v) is 4.96. The molecule has 3 rings (SSSR count). The van der Waals surface area contributed by atoms with Crippen LogP contribution in [0.25, 0.3) is 0 Å². The highest BCUT2D eigenvalue weighted by atomic mass is 16.2. The van der Waals surface area contributed by atoms with Crippen LogP contribution in [0.4, 0.5) is 0 Å². The van der Waals surface area contributed by atoms with E-state index in [1.807, 2.05) is 0 Å². The molecule has 1 aromatic heterocycles. The number of nitriles is 1. The number of carbonyl (C=O) groups is 1. The minimum absolute atomic E-state index is 0.143. The zero-order valence-corrected chi connectivity index (χ0v) is 10.1. The van der Waals surface area contributed by atoms with E-state index in [0.29, 0.717) is 18.9 Å². The number of hydrogen-bond acceptors (Lipinski definition) is 4.